The minimum atomic E-state index is -5.24. The third-order valence-corrected chi connectivity index (χ3v) is 3.54. The first kappa shape index (κ1) is 16.1. The minimum absolute atomic E-state index is 0.0415. The normalized spacial score (nSPS) is 12.0. The van der Waals surface area contributed by atoms with Gasteiger partial charge in [0.1, 0.15) is 11.5 Å². The van der Waals surface area contributed by atoms with Gasteiger partial charge in [-0.05, 0) is 24.6 Å². The van der Waals surface area contributed by atoms with Crippen molar-refractivity contribution in [1.29, 1.82) is 0 Å². The van der Waals surface area contributed by atoms with Crippen LogP contribution in [0.2, 0.25) is 0 Å². The van der Waals surface area contributed by atoms with Crippen molar-refractivity contribution in [2.45, 2.75) is 18.4 Å². The lowest BCUT2D eigenvalue weighted by Crippen LogP contribution is -2.26. The van der Waals surface area contributed by atoms with Crippen LogP contribution in [0, 0.1) is 6.92 Å². The summed E-state index contributed by atoms with van der Waals surface area (Å²) in [5.74, 6) is -0.269. The molecule has 0 atom stereocenters. The highest BCUT2D eigenvalue weighted by Crippen LogP contribution is 2.60. The van der Waals surface area contributed by atoms with Crippen LogP contribution in [0.4, 0.5) is 11.7 Å². The van der Waals surface area contributed by atoms with Gasteiger partial charge in [-0.3, -0.25) is 9.59 Å². The molecule has 0 aliphatic carbocycles. The Kier molecular flexibility index (Phi) is 4.55. The number of carbonyl (C=O) groups is 1. The highest BCUT2D eigenvalue weighted by Gasteiger charge is 2.23. The fourth-order valence-electron chi connectivity index (χ4n) is 1.73. The Morgan fingerprint density at radius 3 is 2.45 bits per heavy atom. The van der Waals surface area contributed by atoms with Gasteiger partial charge in [-0.1, -0.05) is 12.1 Å². The Labute approximate surface area is 125 Å². The smallest absolute Gasteiger partial charge is 0.270 e. The predicted octanol–water partition coefficient (Wildman–Crippen LogP) is 2.83. The van der Waals surface area contributed by atoms with Gasteiger partial charge in [-0.15, -0.1) is 11.7 Å². The van der Waals surface area contributed by atoms with Crippen LogP contribution < -0.4 is 10.9 Å². The summed E-state index contributed by atoms with van der Waals surface area (Å²) < 4.78 is 37.5. The van der Waals surface area contributed by atoms with Gasteiger partial charge in [-0.25, -0.2) is 4.98 Å². The molecule has 1 aromatic heterocycles. The fourth-order valence-corrected chi connectivity index (χ4v) is 2.17. The average molecular weight is 331 g/mol. The topological polar surface area (TPSA) is 74.8 Å². The monoisotopic (exact) mass is 331 g/mol. The molecule has 0 radical (unpaired) electrons. The molecule has 0 bridgehead atoms. The van der Waals surface area contributed by atoms with Crippen LogP contribution in [0.15, 0.2) is 40.0 Å². The zero-order chi connectivity index (χ0) is 16.3. The van der Waals surface area contributed by atoms with Gasteiger partial charge in [-0.2, -0.15) is 0 Å². The van der Waals surface area contributed by atoms with E-state index in [4.69, 9.17) is 0 Å². The van der Waals surface area contributed by atoms with E-state index in [0.717, 1.165) is 18.2 Å². The molecule has 9 heteroatoms. The third kappa shape index (κ3) is 4.10. The van der Waals surface area contributed by atoms with Crippen molar-refractivity contribution < 1.29 is 16.5 Å². The number of carbonyl (C=O) groups excluding carboxylic acids is 1. The van der Waals surface area contributed by atoms with E-state index >= 15 is 0 Å². The van der Waals surface area contributed by atoms with Crippen LogP contribution in [0.25, 0.3) is 0 Å². The van der Waals surface area contributed by atoms with Crippen LogP contribution in [0.3, 0.4) is 0 Å². The molecule has 1 amide bonds. The summed E-state index contributed by atoms with van der Waals surface area (Å²) >= 11 is -5.24. The van der Waals surface area contributed by atoms with Crippen LogP contribution in [0.5, 0.6) is 0 Å². The molecule has 0 fully saturated rings. The van der Waals surface area contributed by atoms with Gasteiger partial charge in [0, 0.05) is 12.6 Å². The van der Waals surface area contributed by atoms with Crippen molar-refractivity contribution in [3.8, 4) is 0 Å². The zero-order valence-electron chi connectivity index (χ0n) is 11.4. The van der Waals surface area contributed by atoms with Crippen molar-refractivity contribution in [2.24, 2.45) is 0 Å². The summed E-state index contributed by atoms with van der Waals surface area (Å²) in [6, 6.07) is 5.61. The maximum absolute atomic E-state index is 12.5. The summed E-state index contributed by atoms with van der Waals surface area (Å²) in [6.45, 7) is 1.58. The van der Waals surface area contributed by atoms with Gasteiger partial charge in [0.05, 0.1) is 4.90 Å². The molecule has 118 valence electrons. The molecule has 0 spiro atoms. The lowest BCUT2D eigenvalue weighted by atomic mass is 10.2. The minimum Gasteiger partial charge on any atom is -0.347 e. The molecular formula is C13H12F3N3O2S. The molecule has 0 aliphatic rings. The molecule has 2 N–H and O–H groups in total. The van der Waals surface area contributed by atoms with E-state index in [1.165, 1.54) is 19.1 Å². The number of nitrogens with one attached hydrogen (secondary N) is 2. The first-order valence-electron chi connectivity index (χ1n) is 6.13. The number of hydrogen-bond acceptors (Lipinski definition) is 3. The highest BCUT2D eigenvalue weighted by atomic mass is 32.3. The molecule has 0 unspecified atom stereocenters. The van der Waals surface area contributed by atoms with Gasteiger partial charge in [0.15, 0.2) is 0 Å². The summed E-state index contributed by atoms with van der Waals surface area (Å²) in [6.07, 6.45) is 0. The number of aromatic nitrogens is 2. The first-order valence-corrected chi connectivity index (χ1v) is 7.46. The SMILES string of the molecule is Cc1nc(C(=O)NCc2ccc(S(F)(F)F)cc2)cc(=O)[nH]1. The third-order valence-electron chi connectivity index (χ3n) is 2.74. The van der Waals surface area contributed by atoms with Gasteiger partial charge < -0.3 is 10.3 Å². The average Bonchev–Trinajstić information content (AvgIpc) is 2.43. The number of amides is 1. The van der Waals surface area contributed by atoms with E-state index < -0.39 is 27.5 Å². The molecule has 1 heterocycles. The summed E-state index contributed by atoms with van der Waals surface area (Å²) in [5.41, 5.74) is 0.0232. The molecule has 0 aliphatic heterocycles. The van der Waals surface area contributed by atoms with Gasteiger partial charge >= 0.3 is 0 Å². The lowest BCUT2D eigenvalue weighted by molar-refractivity contribution is 0.0945. The number of aromatic amines is 1. The number of nitrogens with zero attached hydrogens (tertiary/aromatic N) is 1. The molecule has 1 aromatic carbocycles. The molecule has 0 saturated carbocycles. The largest absolute Gasteiger partial charge is 0.347 e. The Morgan fingerprint density at radius 2 is 1.91 bits per heavy atom. The Morgan fingerprint density at radius 1 is 1.27 bits per heavy atom. The van der Waals surface area contributed by atoms with E-state index in [-0.39, 0.29) is 12.2 Å². The number of aryl methyl sites for hydroxylation is 1. The van der Waals surface area contributed by atoms with Crippen LogP contribution in [0.1, 0.15) is 21.9 Å². The summed E-state index contributed by atoms with van der Waals surface area (Å²) in [4.78, 5) is 28.7. The van der Waals surface area contributed by atoms with Crippen molar-refractivity contribution >= 4 is 17.1 Å². The number of halogens is 3. The van der Waals surface area contributed by atoms with E-state index in [2.05, 4.69) is 15.3 Å². The maximum Gasteiger partial charge on any atom is 0.270 e. The second-order valence-corrected chi connectivity index (χ2v) is 5.73. The van der Waals surface area contributed by atoms with Crippen molar-refractivity contribution in [2.75, 3.05) is 0 Å². The molecule has 5 nitrogen and oxygen atoms in total. The first-order chi connectivity index (χ1) is 10.3. The Balaban J connectivity index is 2.03. The van der Waals surface area contributed by atoms with E-state index in [0.29, 0.717) is 11.4 Å². The van der Waals surface area contributed by atoms with Gasteiger partial charge in [0.25, 0.3) is 11.5 Å². The van der Waals surface area contributed by atoms with Crippen LogP contribution >= 0.6 is 11.2 Å². The predicted molar refractivity (Wildman–Crippen MR) is 76.4 cm³/mol. The van der Waals surface area contributed by atoms with Gasteiger partial charge in [0.2, 0.25) is 11.2 Å². The fraction of sp³-hybridized carbons (Fsp3) is 0.154. The summed E-state index contributed by atoms with van der Waals surface area (Å²) in [7, 11) is 0. The van der Waals surface area contributed by atoms with Crippen LogP contribution in [-0.4, -0.2) is 15.9 Å². The summed E-state index contributed by atoms with van der Waals surface area (Å²) in [5, 5.41) is 2.50. The number of rotatable bonds is 4. The Hall–Kier alpha value is -2.29. The molecule has 2 rings (SSSR count). The molecular weight excluding hydrogens is 319 g/mol. The highest BCUT2D eigenvalue weighted by molar-refractivity contribution is 8.20. The zero-order valence-corrected chi connectivity index (χ0v) is 12.2. The van der Waals surface area contributed by atoms with Crippen molar-refractivity contribution in [1.82, 2.24) is 15.3 Å². The van der Waals surface area contributed by atoms with Crippen molar-refractivity contribution in [3.63, 3.8) is 0 Å². The van der Waals surface area contributed by atoms with E-state index in [9.17, 15) is 21.2 Å². The Bertz CT molecular complexity index is 741. The number of H-pyrrole nitrogens is 1. The second kappa shape index (κ2) is 6.22. The second-order valence-electron chi connectivity index (χ2n) is 4.45. The number of hydrogen-bond donors (Lipinski definition) is 2. The number of benzene rings is 1. The maximum atomic E-state index is 12.5. The van der Waals surface area contributed by atoms with Crippen molar-refractivity contribution in [3.05, 3.63) is 57.8 Å². The molecule has 2 aromatic rings. The van der Waals surface area contributed by atoms with E-state index in [1.807, 2.05) is 0 Å². The van der Waals surface area contributed by atoms with E-state index in [1.54, 1.807) is 0 Å². The molecule has 22 heavy (non-hydrogen) atoms. The van der Waals surface area contributed by atoms with Crippen LogP contribution in [-0.2, 0) is 6.54 Å². The standard InChI is InChI=1S/C13H12F3N3O2S/c1-8-18-11(6-12(20)19-8)13(21)17-7-9-2-4-10(5-3-9)22(14,15)16/h2-6H,7H2,1H3,(H,17,21)(H,18,19,20). The quantitative estimate of drug-likeness (QED) is 0.905. The lowest BCUT2D eigenvalue weighted by Gasteiger charge is -2.10. The molecule has 0 saturated heterocycles.